The Bertz CT molecular complexity index is 804. The summed E-state index contributed by atoms with van der Waals surface area (Å²) in [5.41, 5.74) is 4.10. The molecule has 2 aromatic rings. The summed E-state index contributed by atoms with van der Waals surface area (Å²) in [4.78, 5) is 11.8. The summed E-state index contributed by atoms with van der Waals surface area (Å²) in [5.74, 6) is 0.0844. The quantitative estimate of drug-likeness (QED) is 0.919. The molecule has 118 valence electrons. The van der Waals surface area contributed by atoms with E-state index in [0.29, 0.717) is 13.2 Å². The Hall–Kier alpha value is -2.18. The number of aliphatic imine (C=N–C) groups is 1. The first-order valence-corrected chi connectivity index (χ1v) is 8.43. The van der Waals surface area contributed by atoms with Crippen LogP contribution in [0.3, 0.4) is 0 Å². The number of nitrogens with zero attached hydrogens (tertiary/aromatic N) is 3. The van der Waals surface area contributed by atoms with Gasteiger partial charge in [-0.15, -0.1) is 0 Å². The molecule has 1 N–H and O–H groups in total. The van der Waals surface area contributed by atoms with Crippen LogP contribution in [-0.2, 0) is 4.74 Å². The molecule has 0 spiro atoms. The number of morpholine rings is 1. The summed E-state index contributed by atoms with van der Waals surface area (Å²) in [6.07, 6.45) is 1.99. The average Bonchev–Trinajstić information content (AvgIpc) is 3.10. The average molecular weight is 327 g/mol. The van der Waals surface area contributed by atoms with Crippen molar-refractivity contribution in [1.82, 2.24) is 4.98 Å². The van der Waals surface area contributed by atoms with Crippen LogP contribution in [-0.4, -0.2) is 42.1 Å². The molecule has 6 heteroatoms. The molecule has 0 saturated carbocycles. The van der Waals surface area contributed by atoms with Gasteiger partial charge >= 0.3 is 0 Å². The lowest BCUT2D eigenvalue weighted by molar-refractivity contribution is 0.122. The van der Waals surface area contributed by atoms with Crippen LogP contribution in [0.1, 0.15) is 17.4 Å². The van der Waals surface area contributed by atoms with Crippen molar-refractivity contribution in [3.8, 4) is 5.88 Å². The van der Waals surface area contributed by atoms with Crippen molar-refractivity contribution >= 4 is 39.5 Å². The Labute approximate surface area is 138 Å². The number of thiazole rings is 1. The van der Waals surface area contributed by atoms with Crippen molar-refractivity contribution in [2.45, 2.75) is 6.92 Å². The van der Waals surface area contributed by atoms with Crippen LogP contribution in [0.4, 0.5) is 10.8 Å². The van der Waals surface area contributed by atoms with E-state index in [1.807, 2.05) is 31.2 Å². The molecule has 0 atom stereocenters. The van der Waals surface area contributed by atoms with Gasteiger partial charge in [0, 0.05) is 29.9 Å². The third-order valence-corrected chi connectivity index (χ3v) is 5.10. The molecule has 1 saturated heterocycles. The SMILES string of the molecule is CC1=Nc2ccccc2/C1=C/c1sc(N2CCOCC2)nc1O. The van der Waals surface area contributed by atoms with Gasteiger partial charge in [-0.1, -0.05) is 29.5 Å². The zero-order valence-corrected chi connectivity index (χ0v) is 13.6. The highest BCUT2D eigenvalue weighted by molar-refractivity contribution is 7.16. The van der Waals surface area contributed by atoms with E-state index in [2.05, 4.69) is 20.9 Å². The molecule has 1 fully saturated rings. The van der Waals surface area contributed by atoms with Gasteiger partial charge in [0.15, 0.2) is 5.13 Å². The zero-order valence-electron chi connectivity index (χ0n) is 12.8. The first-order valence-electron chi connectivity index (χ1n) is 7.61. The standard InChI is InChI=1S/C17H17N3O2S/c1-11-13(12-4-2-3-5-14(12)18-11)10-15-16(21)19-17(23-15)20-6-8-22-9-7-20/h2-5,10,21H,6-9H2,1H3/b13-10+. The van der Waals surface area contributed by atoms with Gasteiger partial charge in [0.2, 0.25) is 5.88 Å². The molecule has 23 heavy (non-hydrogen) atoms. The zero-order chi connectivity index (χ0) is 15.8. The lowest BCUT2D eigenvalue weighted by atomic mass is 10.0. The van der Waals surface area contributed by atoms with Crippen LogP contribution >= 0.6 is 11.3 Å². The van der Waals surface area contributed by atoms with Gasteiger partial charge in [-0.2, -0.15) is 4.98 Å². The van der Waals surface area contributed by atoms with Crippen LogP contribution in [0.5, 0.6) is 5.88 Å². The van der Waals surface area contributed by atoms with Crippen molar-refractivity contribution in [1.29, 1.82) is 0 Å². The lowest BCUT2D eigenvalue weighted by Crippen LogP contribution is -2.36. The Balaban J connectivity index is 1.69. The minimum absolute atomic E-state index is 0.0844. The fourth-order valence-electron chi connectivity index (χ4n) is 2.84. The summed E-state index contributed by atoms with van der Waals surface area (Å²) < 4.78 is 5.36. The van der Waals surface area contributed by atoms with E-state index in [9.17, 15) is 5.11 Å². The number of hydrogen-bond donors (Lipinski definition) is 1. The van der Waals surface area contributed by atoms with Gasteiger partial charge in [-0.3, -0.25) is 4.99 Å². The molecule has 2 aliphatic rings. The van der Waals surface area contributed by atoms with E-state index in [0.717, 1.165) is 45.6 Å². The number of ether oxygens (including phenoxy) is 1. The van der Waals surface area contributed by atoms with Crippen LogP contribution in [0, 0.1) is 0 Å². The van der Waals surface area contributed by atoms with Gasteiger partial charge in [-0.25, -0.2) is 0 Å². The second-order valence-corrected chi connectivity index (χ2v) is 6.57. The third-order valence-electron chi connectivity index (χ3n) is 4.05. The number of allylic oxidation sites excluding steroid dienone is 1. The highest BCUT2D eigenvalue weighted by atomic mass is 32.1. The monoisotopic (exact) mass is 327 g/mol. The van der Waals surface area contributed by atoms with Gasteiger partial charge in [0.1, 0.15) is 0 Å². The summed E-state index contributed by atoms with van der Waals surface area (Å²) in [7, 11) is 0. The fourth-order valence-corrected chi connectivity index (χ4v) is 3.80. The van der Waals surface area contributed by atoms with Gasteiger partial charge in [-0.05, 0) is 19.1 Å². The Morgan fingerprint density at radius 2 is 2.04 bits per heavy atom. The maximum absolute atomic E-state index is 10.2. The van der Waals surface area contributed by atoms with Gasteiger partial charge in [0.25, 0.3) is 0 Å². The number of benzene rings is 1. The molecule has 5 nitrogen and oxygen atoms in total. The topological polar surface area (TPSA) is 58.0 Å². The molecule has 1 aromatic heterocycles. The molecule has 0 unspecified atom stereocenters. The van der Waals surface area contributed by atoms with Crippen molar-refractivity contribution < 1.29 is 9.84 Å². The maximum Gasteiger partial charge on any atom is 0.231 e. The number of aromatic nitrogens is 1. The second-order valence-electron chi connectivity index (χ2n) is 5.56. The summed E-state index contributed by atoms with van der Waals surface area (Å²) in [6.45, 7) is 5.02. The summed E-state index contributed by atoms with van der Waals surface area (Å²) in [5, 5.41) is 11.1. The third kappa shape index (κ3) is 2.64. The van der Waals surface area contributed by atoms with Crippen LogP contribution in [0.2, 0.25) is 0 Å². The number of rotatable bonds is 2. The van der Waals surface area contributed by atoms with Crippen molar-refractivity contribution in [2.75, 3.05) is 31.2 Å². The Kier molecular flexibility index (Phi) is 3.63. The molecule has 0 radical (unpaired) electrons. The number of aromatic hydroxyl groups is 1. The predicted molar refractivity (Wildman–Crippen MR) is 93.9 cm³/mol. The molecule has 0 aliphatic carbocycles. The first kappa shape index (κ1) is 14.4. The Morgan fingerprint density at radius 1 is 1.26 bits per heavy atom. The molecule has 0 amide bonds. The summed E-state index contributed by atoms with van der Waals surface area (Å²) >= 11 is 1.51. The highest BCUT2D eigenvalue weighted by Crippen LogP contribution is 2.39. The van der Waals surface area contributed by atoms with Gasteiger partial charge < -0.3 is 14.7 Å². The molecular formula is C17H17N3O2S. The fraction of sp³-hybridized carbons (Fsp3) is 0.294. The second kappa shape index (κ2) is 5.79. The Morgan fingerprint density at radius 3 is 2.87 bits per heavy atom. The van der Waals surface area contributed by atoms with E-state index in [1.54, 1.807) is 0 Å². The maximum atomic E-state index is 10.2. The highest BCUT2D eigenvalue weighted by Gasteiger charge is 2.21. The predicted octanol–water partition coefficient (Wildman–Crippen LogP) is 3.33. The van der Waals surface area contributed by atoms with Crippen molar-refractivity contribution in [3.05, 3.63) is 34.7 Å². The lowest BCUT2D eigenvalue weighted by Gasteiger charge is -2.25. The minimum atomic E-state index is 0.0844. The van der Waals surface area contributed by atoms with E-state index in [4.69, 9.17) is 4.74 Å². The van der Waals surface area contributed by atoms with Crippen LogP contribution < -0.4 is 4.90 Å². The molecule has 0 bridgehead atoms. The molecule has 1 aromatic carbocycles. The molecular weight excluding hydrogens is 310 g/mol. The molecule has 4 rings (SSSR count). The van der Waals surface area contributed by atoms with Crippen LogP contribution in [0.15, 0.2) is 29.3 Å². The van der Waals surface area contributed by atoms with Crippen molar-refractivity contribution in [3.63, 3.8) is 0 Å². The number of fused-ring (bicyclic) bond motifs is 1. The minimum Gasteiger partial charge on any atom is -0.492 e. The van der Waals surface area contributed by atoms with E-state index in [1.165, 1.54) is 11.3 Å². The summed E-state index contributed by atoms with van der Waals surface area (Å²) in [6, 6.07) is 8.05. The van der Waals surface area contributed by atoms with E-state index >= 15 is 0 Å². The largest absolute Gasteiger partial charge is 0.492 e. The normalized spacial score (nSPS) is 19.1. The molecule has 3 heterocycles. The van der Waals surface area contributed by atoms with E-state index < -0.39 is 0 Å². The number of para-hydroxylation sites is 1. The van der Waals surface area contributed by atoms with Crippen molar-refractivity contribution in [2.24, 2.45) is 4.99 Å². The molecule has 2 aliphatic heterocycles. The van der Waals surface area contributed by atoms with Crippen LogP contribution in [0.25, 0.3) is 11.6 Å². The number of hydrogen-bond acceptors (Lipinski definition) is 6. The first-order chi connectivity index (χ1) is 11.2. The number of anilines is 1. The van der Waals surface area contributed by atoms with Gasteiger partial charge in [0.05, 0.1) is 23.8 Å². The van der Waals surface area contributed by atoms with E-state index in [-0.39, 0.29) is 5.88 Å². The smallest absolute Gasteiger partial charge is 0.231 e.